The van der Waals surface area contributed by atoms with Crippen LogP contribution in [0.5, 0.6) is 0 Å². The van der Waals surface area contributed by atoms with Crippen LogP contribution in [0.15, 0.2) is 71.5 Å². The molecule has 1 amide bonds. The Labute approximate surface area is 183 Å². The Morgan fingerprint density at radius 3 is 2.72 bits per heavy atom. The van der Waals surface area contributed by atoms with Crippen LogP contribution in [-0.2, 0) is 4.79 Å². The van der Waals surface area contributed by atoms with Crippen molar-refractivity contribution < 1.29 is 18.0 Å². The molecule has 3 atom stereocenters. The number of carbonyl (C=O) groups is 1. The maximum absolute atomic E-state index is 13.3. The van der Waals surface area contributed by atoms with Gasteiger partial charge in [-0.25, -0.2) is 15.4 Å². The molecule has 2 heterocycles. The Hall–Kier alpha value is -3.49. The standard InChI is InChI=1S/C23H22F3N5O/c1-14(15-6-3-2-4-7-15)28-22-27-11-10-19(29-22)18-13-20(32)30-31-21(18)16-8-5-9-17(12-16)23(24,25)26/h2-8,10-12,14,17-18H,9,13H2,1H3,(H,30,32)(H,27,28,29)/t14-,17?,18?/m0/s1. The third-order valence-corrected chi connectivity index (χ3v) is 5.48. The first-order valence-electron chi connectivity index (χ1n) is 10.3. The summed E-state index contributed by atoms with van der Waals surface area (Å²) >= 11 is 0. The minimum absolute atomic E-state index is 0.0331. The lowest BCUT2D eigenvalue weighted by atomic mass is 9.85. The third kappa shape index (κ3) is 4.87. The maximum atomic E-state index is 13.3. The predicted octanol–water partition coefficient (Wildman–Crippen LogP) is 4.67. The lowest BCUT2D eigenvalue weighted by molar-refractivity contribution is -0.160. The molecule has 32 heavy (non-hydrogen) atoms. The van der Waals surface area contributed by atoms with Gasteiger partial charge >= 0.3 is 6.18 Å². The van der Waals surface area contributed by atoms with Crippen LogP contribution >= 0.6 is 0 Å². The minimum Gasteiger partial charge on any atom is -0.348 e. The predicted molar refractivity (Wildman–Crippen MR) is 115 cm³/mol. The van der Waals surface area contributed by atoms with E-state index in [1.807, 2.05) is 37.3 Å². The number of nitrogens with one attached hydrogen (secondary N) is 2. The number of hydrogen-bond acceptors (Lipinski definition) is 5. The van der Waals surface area contributed by atoms with Crippen molar-refractivity contribution in [3.05, 3.63) is 77.7 Å². The van der Waals surface area contributed by atoms with Crippen molar-refractivity contribution in [1.29, 1.82) is 0 Å². The topological polar surface area (TPSA) is 79.3 Å². The first-order chi connectivity index (χ1) is 15.3. The van der Waals surface area contributed by atoms with E-state index < -0.39 is 18.0 Å². The monoisotopic (exact) mass is 441 g/mol. The third-order valence-electron chi connectivity index (χ3n) is 5.48. The van der Waals surface area contributed by atoms with Gasteiger partial charge in [0.2, 0.25) is 11.9 Å². The number of anilines is 1. The zero-order chi connectivity index (χ0) is 22.7. The number of halogens is 3. The van der Waals surface area contributed by atoms with Crippen molar-refractivity contribution in [2.75, 3.05) is 5.32 Å². The van der Waals surface area contributed by atoms with Crippen molar-refractivity contribution in [1.82, 2.24) is 15.4 Å². The smallest absolute Gasteiger partial charge is 0.348 e. The average molecular weight is 441 g/mol. The van der Waals surface area contributed by atoms with Crippen LogP contribution in [0.3, 0.4) is 0 Å². The molecule has 2 N–H and O–H groups in total. The van der Waals surface area contributed by atoms with Crippen molar-refractivity contribution in [3.63, 3.8) is 0 Å². The van der Waals surface area contributed by atoms with Gasteiger partial charge in [-0.15, -0.1) is 0 Å². The van der Waals surface area contributed by atoms with E-state index >= 15 is 0 Å². The summed E-state index contributed by atoms with van der Waals surface area (Å²) in [6, 6.07) is 11.4. The van der Waals surface area contributed by atoms with Crippen molar-refractivity contribution in [2.24, 2.45) is 11.0 Å². The fourth-order valence-electron chi connectivity index (χ4n) is 3.77. The fourth-order valence-corrected chi connectivity index (χ4v) is 3.77. The number of benzene rings is 1. The summed E-state index contributed by atoms with van der Waals surface area (Å²) in [6.07, 6.45) is 1.41. The van der Waals surface area contributed by atoms with Crippen LogP contribution in [0.1, 0.15) is 43.0 Å². The highest BCUT2D eigenvalue weighted by Gasteiger charge is 2.39. The van der Waals surface area contributed by atoms with E-state index in [1.165, 1.54) is 12.2 Å². The van der Waals surface area contributed by atoms with Crippen LogP contribution < -0.4 is 10.7 Å². The quantitative estimate of drug-likeness (QED) is 0.707. The zero-order valence-electron chi connectivity index (χ0n) is 17.3. The molecule has 1 aromatic carbocycles. The summed E-state index contributed by atoms with van der Waals surface area (Å²) in [6.45, 7) is 1.97. The fraction of sp³-hybridized carbons (Fsp3) is 0.304. The summed E-state index contributed by atoms with van der Waals surface area (Å²) < 4.78 is 39.8. The number of amides is 1. The van der Waals surface area contributed by atoms with Crippen molar-refractivity contribution >= 4 is 17.6 Å². The molecule has 2 aromatic rings. The second-order valence-corrected chi connectivity index (χ2v) is 7.78. The number of rotatable bonds is 5. The van der Waals surface area contributed by atoms with E-state index in [9.17, 15) is 18.0 Å². The Balaban J connectivity index is 1.61. The molecule has 0 saturated carbocycles. The Bertz CT molecular complexity index is 1080. The SMILES string of the molecule is C[C@H](Nc1nccc(C2CC(=O)NN=C2C2=CC(C(F)(F)F)CC=C2)n1)c1ccccc1. The largest absolute Gasteiger partial charge is 0.395 e. The second-order valence-electron chi connectivity index (χ2n) is 7.78. The van der Waals surface area contributed by atoms with Gasteiger partial charge in [-0.05, 0) is 30.5 Å². The molecule has 0 radical (unpaired) electrons. The van der Waals surface area contributed by atoms with Gasteiger partial charge in [0.15, 0.2) is 0 Å². The number of hydrogen-bond donors (Lipinski definition) is 2. The number of nitrogens with zero attached hydrogens (tertiary/aromatic N) is 3. The molecular weight excluding hydrogens is 419 g/mol. The lowest BCUT2D eigenvalue weighted by Gasteiger charge is -2.26. The maximum Gasteiger partial charge on any atom is 0.395 e. The summed E-state index contributed by atoms with van der Waals surface area (Å²) in [5.41, 5.74) is 4.65. The van der Waals surface area contributed by atoms with Gasteiger partial charge in [0.05, 0.1) is 29.3 Å². The van der Waals surface area contributed by atoms with E-state index in [0.717, 1.165) is 5.56 Å². The molecule has 0 fully saturated rings. The summed E-state index contributed by atoms with van der Waals surface area (Å²) in [5.74, 6) is -2.12. The summed E-state index contributed by atoms with van der Waals surface area (Å²) in [4.78, 5) is 20.9. The summed E-state index contributed by atoms with van der Waals surface area (Å²) in [5, 5.41) is 7.33. The Kier molecular flexibility index (Phi) is 6.07. The Morgan fingerprint density at radius 2 is 1.97 bits per heavy atom. The zero-order valence-corrected chi connectivity index (χ0v) is 17.3. The molecule has 0 spiro atoms. The van der Waals surface area contributed by atoms with Gasteiger partial charge in [0, 0.05) is 12.6 Å². The van der Waals surface area contributed by atoms with Crippen LogP contribution in [0.4, 0.5) is 19.1 Å². The number of aromatic nitrogens is 2. The molecule has 0 saturated heterocycles. The van der Waals surface area contributed by atoms with Gasteiger partial charge in [0.1, 0.15) is 0 Å². The number of hydrazone groups is 1. The van der Waals surface area contributed by atoms with Gasteiger partial charge in [0.25, 0.3) is 0 Å². The van der Waals surface area contributed by atoms with Crippen LogP contribution in [0.25, 0.3) is 0 Å². The van der Waals surface area contributed by atoms with Gasteiger partial charge in [-0.2, -0.15) is 18.3 Å². The molecule has 1 aliphatic carbocycles. The van der Waals surface area contributed by atoms with E-state index in [4.69, 9.17) is 0 Å². The molecule has 6 nitrogen and oxygen atoms in total. The molecule has 0 bridgehead atoms. The van der Waals surface area contributed by atoms with Crippen LogP contribution in [0, 0.1) is 5.92 Å². The minimum atomic E-state index is -4.34. The first-order valence-corrected chi connectivity index (χ1v) is 10.3. The number of carbonyl (C=O) groups excluding carboxylic acids is 1. The highest BCUT2D eigenvalue weighted by atomic mass is 19.4. The average Bonchev–Trinajstić information content (AvgIpc) is 2.79. The summed E-state index contributed by atoms with van der Waals surface area (Å²) in [7, 11) is 0. The molecule has 2 aliphatic rings. The van der Waals surface area contributed by atoms with Crippen LogP contribution in [0.2, 0.25) is 0 Å². The lowest BCUT2D eigenvalue weighted by Crippen LogP contribution is -2.34. The molecular formula is C23H22F3N5O. The highest BCUT2D eigenvalue weighted by Crippen LogP contribution is 2.36. The van der Waals surface area contributed by atoms with E-state index in [0.29, 0.717) is 22.9 Å². The van der Waals surface area contributed by atoms with Gasteiger partial charge in [-0.3, -0.25) is 4.79 Å². The molecule has 1 aromatic heterocycles. The van der Waals surface area contributed by atoms with Crippen molar-refractivity contribution in [3.8, 4) is 0 Å². The second kappa shape index (κ2) is 8.94. The number of alkyl halides is 3. The normalized spacial score (nSPS) is 21.9. The molecule has 4 rings (SSSR count). The molecule has 1 aliphatic heterocycles. The van der Waals surface area contributed by atoms with Gasteiger partial charge < -0.3 is 5.32 Å². The first kappa shape index (κ1) is 21.7. The molecule has 166 valence electrons. The van der Waals surface area contributed by atoms with Gasteiger partial charge in [-0.1, -0.05) is 48.6 Å². The van der Waals surface area contributed by atoms with E-state index in [2.05, 4.69) is 25.8 Å². The van der Waals surface area contributed by atoms with E-state index in [1.54, 1.807) is 18.3 Å². The van der Waals surface area contributed by atoms with Crippen molar-refractivity contribution in [2.45, 2.75) is 37.9 Å². The van der Waals surface area contributed by atoms with Crippen LogP contribution in [-0.4, -0.2) is 27.8 Å². The van der Waals surface area contributed by atoms with E-state index in [-0.39, 0.29) is 24.8 Å². The highest BCUT2D eigenvalue weighted by molar-refractivity contribution is 6.10. The molecule has 2 unspecified atom stereocenters. The molecule has 9 heteroatoms. The Morgan fingerprint density at radius 1 is 1.19 bits per heavy atom. The number of allylic oxidation sites excluding steroid dienone is 4.